The first-order chi connectivity index (χ1) is 8.24. The van der Waals surface area contributed by atoms with E-state index in [0.29, 0.717) is 16.8 Å². The van der Waals surface area contributed by atoms with E-state index in [9.17, 15) is 0 Å². The zero-order valence-corrected chi connectivity index (χ0v) is 10.0. The van der Waals surface area contributed by atoms with Crippen molar-refractivity contribution in [3.8, 4) is 18.4 Å². The summed E-state index contributed by atoms with van der Waals surface area (Å²) in [6.45, 7) is 5.59. The predicted octanol–water partition coefficient (Wildman–Crippen LogP) is 2.88. The van der Waals surface area contributed by atoms with E-state index in [1.807, 2.05) is 24.9 Å². The smallest absolute Gasteiger partial charge is 0.103 e. The SMILES string of the molecule is C#Cc1cc(C#N)ccc1N=NN(CC)CC. The summed E-state index contributed by atoms with van der Waals surface area (Å²) in [5, 5.41) is 18.7. The summed E-state index contributed by atoms with van der Waals surface area (Å²) in [4.78, 5) is 0. The van der Waals surface area contributed by atoms with Gasteiger partial charge >= 0.3 is 0 Å². The fraction of sp³-hybridized carbons (Fsp3) is 0.308. The molecule has 0 radical (unpaired) electrons. The van der Waals surface area contributed by atoms with Gasteiger partial charge in [-0.05, 0) is 32.0 Å². The molecule has 0 aliphatic heterocycles. The van der Waals surface area contributed by atoms with Crippen LogP contribution in [0.4, 0.5) is 5.69 Å². The van der Waals surface area contributed by atoms with Crippen LogP contribution in [-0.4, -0.2) is 18.1 Å². The molecule has 1 aromatic carbocycles. The summed E-state index contributed by atoms with van der Waals surface area (Å²) in [7, 11) is 0. The lowest BCUT2D eigenvalue weighted by atomic mass is 10.1. The van der Waals surface area contributed by atoms with Crippen molar-refractivity contribution < 1.29 is 0 Å². The maximum atomic E-state index is 8.76. The van der Waals surface area contributed by atoms with Gasteiger partial charge in [-0.3, -0.25) is 5.01 Å². The van der Waals surface area contributed by atoms with Gasteiger partial charge in [0.2, 0.25) is 0 Å². The molecule has 0 unspecified atom stereocenters. The highest BCUT2D eigenvalue weighted by Gasteiger charge is 2.01. The van der Waals surface area contributed by atoms with E-state index in [0.717, 1.165) is 13.1 Å². The molecule has 0 fully saturated rings. The van der Waals surface area contributed by atoms with Crippen molar-refractivity contribution in [2.24, 2.45) is 10.3 Å². The van der Waals surface area contributed by atoms with Gasteiger partial charge in [0, 0.05) is 13.1 Å². The normalized spacial score (nSPS) is 9.88. The molecule has 1 rings (SSSR count). The predicted molar refractivity (Wildman–Crippen MR) is 66.5 cm³/mol. The van der Waals surface area contributed by atoms with Crippen LogP contribution in [0.1, 0.15) is 25.0 Å². The van der Waals surface area contributed by atoms with E-state index in [1.165, 1.54) is 0 Å². The van der Waals surface area contributed by atoms with Crippen molar-refractivity contribution in [3.63, 3.8) is 0 Å². The second-order valence-corrected chi connectivity index (χ2v) is 3.32. The van der Waals surface area contributed by atoms with Crippen molar-refractivity contribution in [2.75, 3.05) is 13.1 Å². The first-order valence-electron chi connectivity index (χ1n) is 5.42. The van der Waals surface area contributed by atoms with E-state index < -0.39 is 0 Å². The molecule has 1 aromatic rings. The first-order valence-corrected chi connectivity index (χ1v) is 5.42. The quantitative estimate of drug-likeness (QED) is 0.450. The van der Waals surface area contributed by atoms with Gasteiger partial charge in [-0.15, -0.1) is 11.5 Å². The third-order valence-electron chi connectivity index (χ3n) is 2.29. The number of terminal acetylenes is 1. The molecule has 0 spiro atoms. The maximum absolute atomic E-state index is 8.76. The van der Waals surface area contributed by atoms with Crippen LogP contribution in [0, 0.1) is 23.7 Å². The van der Waals surface area contributed by atoms with Crippen LogP contribution in [0.5, 0.6) is 0 Å². The Bertz CT molecular complexity index is 487. The van der Waals surface area contributed by atoms with Crippen molar-refractivity contribution in [2.45, 2.75) is 13.8 Å². The number of hydrogen-bond acceptors (Lipinski definition) is 3. The number of rotatable bonds is 4. The summed E-state index contributed by atoms with van der Waals surface area (Å²) in [6, 6.07) is 7.06. The summed E-state index contributed by atoms with van der Waals surface area (Å²) >= 11 is 0. The fourth-order valence-electron chi connectivity index (χ4n) is 1.27. The molecule has 17 heavy (non-hydrogen) atoms. The molecular weight excluding hydrogens is 212 g/mol. The number of nitrogens with zero attached hydrogens (tertiary/aromatic N) is 4. The molecule has 0 aliphatic carbocycles. The van der Waals surface area contributed by atoms with Crippen molar-refractivity contribution in [3.05, 3.63) is 29.3 Å². The average Bonchev–Trinajstić information content (AvgIpc) is 2.39. The van der Waals surface area contributed by atoms with Crippen LogP contribution < -0.4 is 0 Å². The van der Waals surface area contributed by atoms with E-state index in [-0.39, 0.29) is 0 Å². The summed E-state index contributed by atoms with van der Waals surface area (Å²) in [5.74, 6) is 2.51. The molecule has 86 valence electrons. The molecule has 0 amide bonds. The van der Waals surface area contributed by atoms with Gasteiger partial charge in [-0.1, -0.05) is 11.1 Å². The highest BCUT2D eigenvalue weighted by atomic mass is 15.5. The Morgan fingerprint density at radius 2 is 2.06 bits per heavy atom. The van der Waals surface area contributed by atoms with Gasteiger partial charge in [0.1, 0.15) is 5.69 Å². The standard InChI is InChI=1S/C13H14N4/c1-4-12-9-11(10-14)7-8-13(12)15-16-17(5-2)6-3/h1,7-9H,5-6H2,2-3H3. The average molecular weight is 226 g/mol. The number of hydrogen-bond donors (Lipinski definition) is 0. The molecule has 0 atom stereocenters. The van der Waals surface area contributed by atoms with Crippen molar-refractivity contribution in [1.29, 1.82) is 5.26 Å². The minimum absolute atomic E-state index is 0.528. The topological polar surface area (TPSA) is 51.8 Å². The van der Waals surface area contributed by atoms with Crippen molar-refractivity contribution in [1.82, 2.24) is 5.01 Å². The van der Waals surface area contributed by atoms with Crippen LogP contribution in [0.3, 0.4) is 0 Å². The molecular formula is C13H14N4. The lowest BCUT2D eigenvalue weighted by Crippen LogP contribution is -2.14. The van der Waals surface area contributed by atoms with Crippen LogP contribution in [0.25, 0.3) is 0 Å². The largest absolute Gasteiger partial charge is 0.279 e. The summed E-state index contributed by atoms with van der Waals surface area (Å²) in [5.41, 5.74) is 1.72. The molecule has 0 saturated heterocycles. The Labute approximate surface area is 102 Å². The molecule has 4 nitrogen and oxygen atoms in total. The van der Waals surface area contributed by atoms with Crippen molar-refractivity contribution >= 4 is 5.69 Å². The summed E-state index contributed by atoms with van der Waals surface area (Å²) in [6.07, 6.45) is 5.37. The molecule has 0 N–H and O–H groups in total. The Hall–Kier alpha value is -2.33. The molecule has 0 saturated carbocycles. The lowest BCUT2D eigenvalue weighted by molar-refractivity contribution is 0.300. The maximum Gasteiger partial charge on any atom is 0.103 e. The highest BCUT2D eigenvalue weighted by Crippen LogP contribution is 2.20. The number of nitriles is 1. The van der Waals surface area contributed by atoms with Gasteiger partial charge in [0.05, 0.1) is 17.2 Å². The third-order valence-corrected chi connectivity index (χ3v) is 2.29. The van der Waals surface area contributed by atoms with Crippen LogP contribution in [0.15, 0.2) is 28.5 Å². The minimum atomic E-state index is 0.528. The monoisotopic (exact) mass is 226 g/mol. The Balaban J connectivity index is 3.00. The number of benzene rings is 1. The minimum Gasteiger partial charge on any atom is -0.279 e. The van der Waals surface area contributed by atoms with E-state index in [1.54, 1.807) is 18.2 Å². The van der Waals surface area contributed by atoms with Gasteiger partial charge < -0.3 is 0 Å². The van der Waals surface area contributed by atoms with Gasteiger partial charge in [0.15, 0.2) is 0 Å². The molecule has 0 heterocycles. The van der Waals surface area contributed by atoms with Gasteiger partial charge in [-0.2, -0.15) is 5.26 Å². The van der Waals surface area contributed by atoms with Crippen LogP contribution >= 0.6 is 0 Å². The second kappa shape index (κ2) is 6.30. The van der Waals surface area contributed by atoms with E-state index in [2.05, 4.69) is 16.3 Å². The van der Waals surface area contributed by atoms with Crippen LogP contribution in [-0.2, 0) is 0 Å². The first kappa shape index (κ1) is 12.7. The Morgan fingerprint density at radius 1 is 1.35 bits per heavy atom. The highest BCUT2D eigenvalue weighted by molar-refractivity contribution is 5.57. The molecule has 0 bridgehead atoms. The zero-order valence-electron chi connectivity index (χ0n) is 10.0. The van der Waals surface area contributed by atoms with E-state index in [4.69, 9.17) is 11.7 Å². The second-order valence-electron chi connectivity index (χ2n) is 3.32. The molecule has 4 heteroatoms. The zero-order chi connectivity index (χ0) is 12.7. The van der Waals surface area contributed by atoms with E-state index >= 15 is 0 Å². The summed E-state index contributed by atoms with van der Waals surface area (Å²) < 4.78 is 0. The molecule has 0 aromatic heterocycles. The van der Waals surface area contributed by atoms with Gasteiger partial charge in [0.25, 0.3) is 0 Å². The lowest BCUT2D eigenvalue weighted by Gasteiger charge is -2.11. The Kier molecular flexibility index (Phi) is 4.72. The van der Waals surface area contributed by atoms with Gasteiger partial charge in [-0.25, -0.2) is 0 Å². The fourth-order valence-corrected chi connectivity index (χ4v) is 1.27. The third kappa shape index (κ3) is 3.32. The molecule has 0 aliphatic rings. The van der Waals surface area contributed by atoms with Crippen LogP contribution in [0.2, 0.25) is 0 Å². The Morgan fingerprint density at radius 3 is 2.59 bits per heavy atom.